The van der Waals surface area contributed by atoms with E-state index in [0.717, 1.165) is 16.7 Å². The number of amides is 1. The molecule has 116 valence electrons. The normalized spacial score (nSPS) is 11.0. The molecule has 0 radical (unpaired) electrons. The topological polar surface area (TPSA) is 81.2 Å². The third-order valence-electron chi connectivity index (χ3n) is 3.32. The monoisotopic (exact) mass is 309 g/mol. The van der Waals surface area contributed by atoms with E-state index in [1.807, 2.05) is 32.0 Å². The lowest BCUT2D eigenvalue weighted by molar-refractivity contribution is -0.111. The Labute approximate surface area is 132 Å². The number of carbonyl (C=O) groups is 1. The van der Waals surface area contributed by atoms with Crippen molar-refractivity contribution in [3.63, 3.8) is 0 Å². The molecular formula is C17H15N3O3. The van der Waals surface area contributed by atoms with Gasteiger partial charge in [0.2, 0.25) is 11.7 Å². The van der Waals surface area contributed by atoms with E-state index in [2.05, 4.69) is 15.6 Å². The number of aromatic nitrogens is 2. The van der Waals surface area contributed by atoms with Gasteiger partial charge in [0.1, 0.15) is 5.76 Å². The molecule has 0 saturated carbocycles. The smallest absolute Gasteiger partial charge is 0.249 e. The molecule has 0 aliphatic carbocycles. The zero-order valence-electron chi connectivity index (χ0n) is 12.7. The number of carbonyl (C=O) groups excluding carboxylic acids is 1. The van der Waals surface area contributed by atoms with Gasteiger partial charge >= 0.3 is 0 Å². The molecule has 6 heteroatoms. The lowest BCUT2D eigenvalue weighted by Crippen LogP contribution is -2.09. The van der Waals surface area contributed by atoms with E-state index < -0.39 is 0 Å². The Kier molecular flexibility index (Phi) is 4.05. The Hall–Kier alpha value is -3.15. The molecule has 0 fully saturated rings. The number of rotatable bonds is 4. The largest absolute Gasteiger partial charge is 0.465 e. The average molecular weight is 309 g/mol. The van der Waals surface area contributed by atoms with Crippen molar-refractivity contribution in [1.82, 2.24) is 10.3 Å². The van der Waals surface area contributed by atoms with Gasteiger partial charge in [-0.25, -0.2) is 4.63 Å². The molecule has 0 bridgehead atoms. The van der Waals surface area contributed by atoms with Crippen LogP contribution in [-0.2, 0) is 4.79 Å². The van der Waals surface area contributed by atoms with Crippen LogP contribution in [0.25, 0.3) is 17.3 Å². The molecule has 1 N–H and O–H groups in total. The molecule has 2 heterocycles. The second kappa shape index (κ2) is 6.31. The van der Waals surface area contributed by atoms with E-state index in [0.29, 0.717) is 11.5 Å². The van der Waals surface area contributed by atoms with Crippen LogP contribution in [0.3, 0.4) is 0 Å². The Morgan fingerprint density at radius 2 is 2.09 bits per heavy atom. The molecule has 0 unspecified atom stereocenters. The van der Waals surface area contributed by atoms with Crippen LogP contribution in [0.2, 0.25) is 0 Å². The molecule has 0 saturated heterocycles. The van der Waals surface area contributed by atoms with E-state index in [9.17, 15) is 4.79 Å². The van der Waals surface area contributed by atoms with Gasteiger partial charge < -0.3 is 9.73 Å². The Morgan fingerprint density at radius 3 is 2.87 bits per heavy atom. The number of nitrogens with zero attached hydrogens (tertiary/aromatic N) is 2. The molecule has 3 aromatic rings. The fourth-order valence-corrected chi connectivity index (χ4v) is 2.14. The fourth-order valence-electron chi connectivity index (χ4n) is 2.14. The first kappa shape index (κ1) is 14.8. The fraction of sp³-hybridized carbons (Fsp3) is 0.118. The summed E-state index contributed by atoms with van der Waals surface area (Å²) in [5.41, 5.74) is 3.49. The predicted molar refractivity (Wildman–Crippen MR) is 85.6 cm³/mol. The summed E-state index contributed by atoms with van der Waals surface area (Å²) in [7, 11) is 0. The van der Waals surface area contributed by atoms with Crippen molar-refractivity contribution in [3.05, 3.63) is 59.6 Å². The predicted octanol–water partition coefficient (Wildman–Crippen LogP) is 3.60. The number of nitrogens with one attached hydrogen (secondary N) is 1. The lowest BCUT2D eigenvalue weighted by atomic mass is 10.0. The Bertz CT molecular complexity index is 848. The van der Waals surface area contributed by atoms with E-state index >= 15 is 0 Å². The van der Waals surface area contributed by atoms with Crippen molar-refractivity contribution in [3.8, 4) is 11.3 Å². The van der Waals surface area contributed by atoms with Gasteiger partial charge in [-0.3, -0.25) is 4.79 Å². The summed E-state index contributed by atoms with van der Waals surface area (Å²) < 4.78 is 9.92. The highest BCUT2D eigenvalue weighted by Crippen LogP contribution is 2.28. The minimum Gasteiger partial charge on any atom is -0.465 e. The van der Waals surface area contributed by atoms with E-state index in [1.54, 1.807) is 18.2 Å². The third-order valence-corrected chi connectivity index (χ3v) is 3.32. The van der Waals surface area contributed by atoms with Crippen molar-refractivity contribution in [2.24, 2.45) is 0 Å². The quantitative estimate of drug-likeness (QED) is 0.745. The zero-order chi connectivity index (χ0) is 16.2. The highest BCUT2D eigenvalue weighted by Gasteiger charge is 2.16. The van der Waals surface area contributed by atoms with Crippen molar-refractivity contribution < 1.29 is 13.8 Å². The van der Waals surface area contributed by atoms with Crippen molar-refractivity contribution >= 4 is 17.8 Å². The molecule has 6 nitrogen and oxygen atoms in total. The summed E-state index contributed by atoms with van der Waals surface area (Å²) in [4.78, 5) is 12.0. The molecule has 0 atom stereocenters. The second-order valence-electron chi connectivity index (χ2n) is 5.12. The molecule has 2 aromatic heterocycles. The van der Waals surface area contributed by atoms with Crippen molar-refractivity contribution in [2.75, 3.05) is 5.32 Å². The Morgan fingerprint density at radius 1 is 1.22 bits per heavy atom. The number of anilines is 1. The van der Waals surface area contributed by atoms with Gasteiger partial charge in [0, 0.05) is 11.6 Å². The van der Waals surface area contributed by atoms with Crippen LogP contribution in [0.1, 0.15) is 16.9 Å². The average Bonchev–Trinajstić information content (AvgIpc) is 3.19. The van der Waals surface area contributed by atoms with Gasteiger partial charge in [-0.15, -0.1) is 0 Å². The summed E-state index contributed by atoms with van der Waals surface area (Å²) in [6.45, 7) is 3.95. The molecule has 0 aliphatic rings. The molecule has 1 aromatic carbocycles. The third kappa shape index (κ3) is 3.37. The van der Waals surface area contributed by atoms with Crippen LogP contribution >= 0.6 is 0 Å². The van der Waals surface area contributed by atoms with E-state index in [4.69, 9.17) is 9.05 Å². The molecule has 3 rings (SSSR count). The Balaban J connectivity index is 1.81. The van der Waals surface area contributed by atoms with Gasteiger partial charge in [0.25, 0.3) is 0 Å². The second-order valence-corrected chi connectivity index (χ2v) is 5.12. The summed E-state index contributed by atoms with van der Waals surface area (Å²) in [5.74, 6) is 0.532. The van der Waals surface area contributed by atoms with E-state index in [-0.39, 0.29) is 11.7 Å². The van der Waals surface area contributed by atoms with Gasteiger partial charge in [-0.1, -0.05) is 17.7 Å². The highest BCUT2D eigenvalue weighted by molar-refractivity contribution is 6.02. The van der Waals surface area contributed by atoms with Crippen LogP contribution in [0.4, 0.5) is 5.82 Å². The van der Waals surface area contributed by atoms with E-state index in [1.165, 1.54) is 12.3 Å². The van der Waals surface area contributed by atoms with Crippen LogP contribution in [-0.4, -0.2) is 16.2 Å². The molecule has 0 spiro atoms. The molecular weight excluding hydrogens is 294 g/mol. The van der Waals surface area contributed by atoms with Gasteiger partial charge in [0.15, 0.2) is 5.69 Å². The maximum absolute atomic E-state index is 12.0. The van der Waals surface area contributed by atoms with Crippen molar-refractivity contribution in [1.29, 1.82) is 0 Å². The minimum atomic E-state index is -0.344. The molecule has 1 amide bonds. The van der Waals surface area contributed by atoms with Crippen LogP contribution in [0, 0.1) is 13.8 Å². The molecule has 23 heavy (non-hydrogen) atoms. The lowest BCUT2D eigenvalue weighted by Gasteiger charge is -2.05. The SMILES string of the molecule is Cc1ccc(C)c(-c2nonc2NC(=O)/C=C/c2ccco2)c1. The summed E-state index contributed by atoms with van der Waals surface area (Å²) in [5, 5.41) is 10.3. The van der Waals surface area contributed by atoms with Gasteiger partial charge in [-0.2, -0.15) is 0 Å². The van der Waals surface area contributed by atoms with Crippen LogP contribution < -0.4 is 5.32 Å². The number of hydrogen-bond donors (Lipinski definition) is 1. The minimum absolute atomic E-state index is 0.285. The zero-order valence-corrected chi connectivity index (χ0v) is 12.7. The van der Waals surface area contributed by atoms with Crippen molar-refractivity contribution in [2.45, 2.75) is 13.8 Å². The first-order chi connectivity index (χ1) is 11.1. The van der Waals surface area contributed by atoms with Gasteiger partial charge in [-0.05, 0) is 54.0 Å². The first-order valence-corrected chi connectivity index (χ1v) is 7.06. The number of benzene rings is 1. The maximum Gasteiger partial charge on any atom is 0.249 e. The van der Waals surface area contributed by atoms with Crippen LogP contribution in [0.15, 0.2) is 51.7 Å². The number of furan rings is 1. The standard InChI is InChI=1S/C17H15N3O3/c1-11-5-6-12(2)14(10-11)16-17(20-23-19-16)18-15(21)8-7-13-4-3-9-22-13/h3-10H,1-2H3,(H,18,20,21)/b8-7+. The van der Waals surface area contributed by atoms with Gasteiger partial charge in [0.05, 0.1) is 6.26 Å². The summed E-state index contributed by atoms with van der Waals surface area (Å²) >= 11 is 0. The highest BCUT2D eigenvalue weighted by atomic mass is 16.6. The number of hydrogen-bond acceptors (Lipinski definition) is 5. The summed E-state index contributed by atoms with van der Waals surface area (Å²) in [6.07, 6.45) is 4.47. The first-order valence-electron chi connectivity index (χ1n) is 7.06. The summed E-state index contributed by atoms with van der Waals surface area (Å²) in [6, 6.07) is 9.47. The maximum atomic E-state index is 12.0. The molecule has 0 aliphatic heterocycles. The number of aryl methyl sites for hydroxylation is 2. The van der Waals surface area contributed by atoms with Crippen LogP contribution in [0.5, 0.6) is 0 Å².